The lowest BCUT2D eigenvalue weighted by Crippen LogP contribution is -2.30. The van der Waals surface area contributed by atoms with E-state index in [1.54, 1.807) is 38.4 Å². The second-order valence-electron chi connectivity index (χ2n) is 9.53. The van der Waals surface area contributed by atoms with Gasteiger partial charge in [-0.15, -0.1) is 0 Å². The summed E-state index contributed by atoms with van der Waals surface area (Å²) < 4.78 is 52.9. The van der Waals surface area contributed by atoms with Crippen LogP contribution in [0.25, 0.3) is 10.9 Å². The number of aromatic amines is 1. The summed E-state index contributed by atoms with van der Waals surface area (Å²) in [6.07, 6.45) is -1.56. The van der Waals surface area contributed by atoms with E-state index in [0.717, 1.165) is 34.5 Å². The molecule has 0 aliphatic rings. The van der Waals surface area contributed by atoms with Crippen molar-refractivity contribution in [1.82, 2.24) is 9.88 Å². The first-order valence-corrected chi connectivity index (χ1v) is 12.9. The smallest absolute Gasteiger partial charge is 0.416 e. The summed E-state index contributed by atoms with van der Waals surface area (Å²) in [5, 5.41) is 0.831. The van der Waals surface area contributed by atoms with Crippen molar-refractivity contribution in [2.45, 2.75) is 38.3 Å². The van der Waals surface area contributed by atoms with E-state index in [2.05, 4.69) is 4.98 Å². The number of nitrogens with zero attached hydrogens (tertiary/aromatic N) is 1. The third kappa shape index (κ3) is 6.05. The number of amides is 1. The van der Waals surface area contributed by atoms with Gasteiger partial charge in [-0.3, -0.25) is 4.79 Å². The maximum atomic E-state index is 14.1. The van der Waals surface area contributed by atoms with Crippen LogP contribution in [0.15, 0.2) is 66.9 Å². The fourth-order valence-corrected chi connectivity index (χ4v) is 5.06. The van der Waals surface area contributed by atoms with E-state index in [4.69, 9.17) is 9.47 Å². The molecule has 4 aromatic rings. The number of halogens is 3. The quantitative estimate of drug-likeness (QED) is 0.237. The molecule has 0 radical (unpaired) electrons. The van der Waals surface area contributed by atoms with Crippen molar-refractivity contribution in [1.29, 1.82) is 0 Å². The van der Waals surface area contributed by atoms with E-state index < -0.39 is 17.7 Å². The first-order chi connectivity index (χ1) is 18.7. The van der Waals surface area contributed by atoms with E-state index in [-0.39, 0.29) is 17.9 Å². The molecule has 1 atom stereocenters. The van der Waals surface area contributed by atoms with E-state index in [0.29, 0.717) is 30.0 Å². The number of hydrogen-bond acceptors (Lipinski definition) is 3. The monoisotopic (exact) mass is 538 g/mol. The fraction of sp³-hybridized carbons (Fsp3) is 0.323. The molecule has 0 saturated heterocycles. The number of rotatable bonds is 10. The molecule has 1 N–H and O–H groups in total. The molecule has 0 saturated carbocycles. The molecular weight excluding hydrogens is 505 g/mol. The van der Waals surface area contributed by atoms with Crippen molar-refractivity contribution in [2.75, 3.05) is 27.8 Å². The average molecular weight is 539 g/mol. The topological polar surface area (TPSA) is 54.6 Å². The molecule has 8 heteroatoms. The van der Waals surface area contributed by atoms with Gasteiger partial charge in [0.25, 0.3) is 0 Å². The number of H-pyrrole nitrogens is 1. The zero-order chi connectivity index (χ0) is 28.2. The van der Waals surface area contributed by atoms with Crippen LogP contribution >= 0.6 is 0 Å². The zero-order valence-electron chi connectivity index (χ0n) is 22.6. The van der Waals surface area contributed by atoms with Crippen molar-refractivity contribution in [2.24, 2.45) is 0 Å². The molecule has 5 nitrogen and oxygen atoms in total. The van der Waals surface area contributed by atoms with Gasteiger partial charge >= 0.3 is 6.18 Å². The third-order valence-electron chi connectivity index (χ3n) is 7.22. The Hall–Kier alpha value is -3.94. The van der Waals surface area contributed by atoms with E-state index in [1.807, 2.05) is 43.3 Å². The number of para-hydroxylation sites is 1. The summed E-state index contributed by atoms with van der Waals surface area (Å²) in [7, 11) is 4.80. The van der Waals surface area contributed by atoms with Gasteiger partial charge in [0.1, 0.15) is 0 Å². The second-order valence-corrected chi connectivity index (χ2v) is 9.53. The number of nitrogens with one attached hydrogen (secondary N) is 1. The maximum Gasteiger partial charge on any atom is 0.416 e. The van der Waals surface area contributed by atoms with Crippen LogP contribution in [-0.4, -0.2) is 43.6 Å². The Morgan fingerprint density at radius 3 is 2.41 bits per heavy atom. The van der Waals surface area contributed by atoms with Crippen LogP contribution < -0.4 is 9.47 Å². The molecule has 1 amide bonds. The van der Waals surface area contributed by atoms with Crippen molar-refractivity contribution < 1.29 is 27.4 Å². The Morgan fingerprint density at radius 2 is 1.72 bits per heavy atom. The summed E-state index contributed by atoms with van der Waals surface area (Å²) in [6, 6.07) is 16.9. The van der Waals surface area contributed by atoms with Gasteiger partial charge < -0.3 is 19.4 Å². The number of alkyl halides is 3. The third-order valence-corrected chi connectivity index (χ3v) is 7.22. The lowest BCUT2D eigenvalue weighted by Gasteiger charge is -2.24. The lowest BCUT2D eigenvalue weighted by atomic mass is 9.84. The summed E-state index contributed by atoms with van der Waals surface area (Å²) in [5.74, 6) is 0.193. The lowest BCUT2D eigenvalue weighted by molar-refractivity contribution is -0.139. The summed E-state index contributed by atoms with van der Waals surface area (Å²) in [6.45, 7) is 2.43. The van der Waals surface area contributed by atoms with Gasteiger partial charge in [-0.1, -0.05) is 49.4 Å². The number of ether oxygens (including phenoxy) is 2. The number of likely N-dealkylation sites (N-methyl/N-ethyl adjacent to an activating group) is 1. The largest absolute Gasteiger partial charge is 0.493 e. The molecule has 0 fully saturated rings. The van der Waals surface area contributed by atoms with Crippen molar-refractivity contribution >= 4 is 16.8 Å². The average Bonchev–Trinajstić information content (AvgIpc) is 3.38. The second kappa shape index (κ2) is 11.8. The fourth-order valence-electron chi connectivity index (χ4n) is 5.06. The number of aryl methyl sites for hydroxylation is 1. The number of fused-ring (bicyclic) bond motifs is 1. The number of methoxy groups -OCH3 is 2. The van der Waals surface area contributed by atoms with E-state index >= 15 is 0 Å². The van der Waals surface area contributed by atoms with E-state index in [1.165, 1.54) is 12.1 Å². The standard InChI is InChI=1S/C31H33F3N2O3/c1-5-21-9-8-11-23-25(19-35-30(21)23)24(22-10-6-7-12-26(22)31(32,33)34)18-29(37)36(2)16-15-20-13-14-27(38-3)28(17-20)39-4/h6-14,17,19,24,35H,5,15-16,18H2,1-4H3. The molecule has 3 aromatic carbocycles. The zero-order valence-corrected chi connectivity index (χ0v) is 22.6. The number of carbonyl (C=O) groups is 1. The summed E-state index contributed by atoms with van der Waals surface area (Å²) in [5.41, 5.74) is 2.96. The van der Waals surface area contributed by atoms with Gasteiger partial charge in [-0.2, -0.15) is 13.2 Å². The SMILES string of the molecule is CCc1cccc2c(C(CC(=O)N(C)CCc3ccc(OC)c(OC)c3)c3ccccc3C(F)(F)F)c[nH]c12. The molecular formula is C31H33F3N2O3. The van der Waals surface area contributed by atoms with Crippen LogP contribution in [0.1, 0.15) is 47.1 Å². The summed E-state index contributed by atoms with van der Waals surface area (Å²) in [4.78, 5) is 18.3. The Bertz CT molecular complexity index is 1440. The van der Waals surface area contributed by atoms with Crippen LogP contribution in [0, 0.1) is 0 Å². The van der Waals surface area contributed by atoms with Crippen LogP contribution in [0.5, 0.6) is 11.5 Å². The van der Waals surface area contributed by atoms with Gasteiger partial charge in [-0.05, 0) is 53.3 Å². The Morgan fingerprint density at radius 1 is 0.974 bits per heavy atom. The minimum Gasteiger partial charge on any atom is -0.493 e. The normalized spacial score (nSPS) is 12.4. The predicted molar refractivity (Wildman–Crippen MR) is 146 cm³/mol. The van der Waals surface area contributed by atoms with E-state index in [9.17, 15) is 18.0 Å². The van der Waals surface area contributed by atoms with Crippen molar-refractivity contribution in [3.05, 3.63) is 94.7 Å². The molecule has 0 bridgehead atoms. The highest BCUT2D eigenvalue weighted by Gasteiger charge is 2.36. The van der Waals surface area contributed by atoms with Gasteiger partial charge in [0.2, 0.25) is 5.91 Å². The highest BCUT2D eigenvalue weighted by atomic mass is 19.4. The van der Waals surface area contributed by atoms with Crippen molar-refractivity contribution in [3.63, 3.8) is 0 Å². The predicted octanol–water partition coefficient (Wildman–Crippen LogP) is 6.99. The molecule has 1 heterocycles. The van der Waals surface area contributed by atoms with Gasteiger partial charge in [0, 0.05) is 43.0 Å². The molecule has 1 aromatic heterocycles. The Labute approximate surface area is 226 Å². The minimum atomic E-state index is -4.54. The molecule has 0 aliphatic carbocycles. The van der Waals surface area contributed by atoms with Gasteiger partial charge in [0.05, 0.1) is 19.8 Å². The van der Waals surface area contributed by atoms with Crippen LogP contribution in [0.4, 0.5) is 13.2 Å². The molecule has 39 heavy (non-hydrogen) atoms. The van der Waals surface area contributed by atoms with Crippen LogP contribution in [-0.2, 0) is 23.8 Å². The Kier molecular flexibility index (Phi) is 8.53. The van der Waals surface area contributed by atoms with Crippen LogP contribution in [0.2, 0.25) is 0 Å². The van der Waals surface area contributed by atoms with Gasteiger partial charge in [-0.25, -0.2) is 0 Å². The maximum absolute atomic E-state index is 14.1. The highest BCUT2D eigenvalue weighted by molar-refractivity contribution is 5.88. The molecule has 0 aliphatic heterocycles. The molecule has 1 unspecified atom stereocenters. The number of hydrogen-bond donors (Lipinski definition) is 1. The molecule has 206 valence electrons. The highest BCUT2D eigenvalue weighted by Crippen LogP contribution is 2.41. The number of aromatic nitrogens is 1. The Balaban J connectivity index is 1.64. The number of benzene rings is 3. The minimum absolute atomic E-state index is 0.0921. The van der Waals surface area contributed by atoms with Crippen LogP contribution in [0.3, 0.4) is 0 Å². The molecule has 4 rings (SSSR count). The summed E-state index contributed by atoms with van der Waals surface area (Å²) >= 11 is 0. The first kappa shape index (κ1) is 28.1. The number of carbonyl (C=O) groups excluding carboxylic acids is 1. The van der Waals surface area contributed by atoms with Gasteiger partial charge in [0.15, 0.2) is 11.5 Å². The first-order valence-electron chi connectivity index (χ1n) is 12.9. The molecule has 0 spiro atoms. The van der Waals surface area contributed by atoms with Crippen molar-refractivity contribution in [3.8, 4) is 11.5 Å².